The zero-order chi connectivity index (χ0) is 8.97. The molecule has 0 heterocycles. The Kier molecular flexibility index (Phi) is 10.4. The largest absolute Gasteiger partial charge is 0.328 e. The first-order valence-electron chi connectivity index (χ1n) is 4.45. The molecule has 1 aliphatic carbocycles. The number of alkyl halides is 2. The third-order valence-corrected chi connectivity index (χ3v) is 2.33. The van der Waals surface area contributed by atoms with Crippen molar-refractivity contribution >= 4 is 24.8 Å². The lowest BCUT2D eigenvalue weighted by atomic mass is 9.92. The minimum Gasteiger partial charge on any atom is -0.328 e. The van der Waals surface area contributed by atoms with Crippen molar-refractivity contribution in [1.29, 1.82) is 0 Å². The van der Waals surface area contributed by atoms with E-state index < -0.39 is 6.43 Å². The second kappa shape index (κ2) is 8.65. The van der Waals surface area contributed by atoms with Gasteiger partial charge in [-0.15, -0.1) is 24.8 Å². The number of rotatable bonds is 3. The minimum atomic E-state index is -2.24. The Hall–Kier alpha value is 0.360. The molecule has 14 heavy (non-hydrogen) atoms. The van der Waals surface area contributed by atoms with E-state index in [2.05, 4.69) is 5.32 Å². The highest BCUT2D eigenvalue weighted by molar-refractivity contribution is 5.85. The topological polar surface area (TPSA) is 38.0 Å². The van der Waals surface area contributed by atoms with E-state index in [1.165, 1.54) is 0 Å². The van der Waals surface area contributed by atoms with Crippen molar-refractivity contribution in [3.05, 3.63) is 0 Å². The van der Waals surface area contributed by atoms with Crippen molar-refractivity contribution in [2.75, 3.05) is 6.54 Å². The lowest BCUT2D eigenvalue weighted by Crippen LogP contribution is -2.39. The molecule has 1 aliphatic rings. The van der Waals surface area contributed by atoms with Crippen LogP contribution in [0.15, 0.2) is 0 Å². The Morgan fingerprint density at radius 1 is 1.14 bits per heavy atom. The van der Waals surface area contributed by atoms with Gasteiger partial charge in [0.25, 0.3) is 6.43 Å². The zero-order valence-electron chi connectivity index (χ0n) is 7.92. The molecule has 2 nitrogen and oxygen atoms in total. The molecule has 0 unspecified atom stereocenters. The van der Waals surface area contributed by atoms with Gasteiger partial charge in [-0.05, 0) is 25.7 Å². The highest BCUT2D eigenvalue weighted by atomic mass is 35.5. The van der Waals surface area contributed by atoms with Crippen molar-refractivity contribution in [3.63, 3.8) is 0 Å². The van der Waals surface area contributed by atoms with Gasteiger partial charge in [0.1, 0.15) is 0 Å². The molecule has 0 saturated heterocycles. The van der Waals surface area contributed by atoms with E-state index in [1.54, 1.807) is 0 Å². The first kappa shape index (κ1) is 16.8. The predicted octanol–water partition coefficient (Wildman–Crippen LogP) is 1.95. The summed E-state index contributed by atoms with van der Waals surface area (Å²) >= 11 is 0. The molecule has 0 atom stereocenters. The highest BCUT2D eigenvalue weighted by Crippen LogP contribution is 2.16. The molecule has 0 bridgehead atoms. The standard InChI is InChI=1S/C8H16F2N2.2ClH/c9-8(10)5-12-7-3-1-6(11)2-4-7;;/h6-8,12H,1-5,11H2;2*1H/t6-,7-;;. The maximum atomic E-state index is 11.8. The van der Waals surface area contributed by atoms with Crippen molar-refractivity contribution in [1.82, 2.24) is 5.32 Å². The summed E-state index contributed by atoms with van der Waals surface area (Å²) in [6.45, 7) is -0.181. The molecule has 0 radical (unpaired) electrons. The second-order valence-electron chi connectivity index (χ2n) is 3.41. The smallest absolute Gasteiger partial charge is 0.250 e. The molecule has 88 valence electrons. The van der Waals surface area contributed by atoms with Gasteiger partial charge in [0.05, 0.1) is 6.54 Å². The van der Waals surface area contributed by atoms with Gasteiger partial charge in [-0.1, -0.05) is 0 Å². The Labute approximate surface area is 95.8 Å². The van der Waals surface area contributed by atoms with Crippen molar-refractivity contribution in [2.45, 2.75) is 44.2 Å². The SMILES string of the molecule is Cl.Cl.N[C@H]1CC[C@H](NCC(F)F)CC1. The van der Waals surface area contributed by atoms with Gasteiger partial charge >= 0.3 is 0 Å². The van der Waals surface area contributed by atoms with Crippen LogP contribution in [0, 0.1) is 0 Å². The summed E-state index contributed by atoms with van der Waals surface area (Å²) in [5.74, 6) is 0. The van der Waals surface area contributed by atoms with E-state index in [0.29, 0.717) is 0 Å². The van der Waals surface area contributed by atoms with Gasteiger partial charge in [0.2, 0.25) is 0 Å². The van der Waals surface area contributed by atoms with Crippen LogP contribution < -0.4 is 11.1 Å². The van der Waals surface area contributed by atoms with Gasteiger partial charge in [-0.2, -0.15) is 0 Å². The monoisotopic (exact) mass is 250 g/mol. The van der Waals surface area contributed by atoms with E-state index in [1.807, 2.05) is 0 Å². The van der Waals surface area contributed by atoms with Crippen molar-refractivity contribution < 1.29 is 8.78 Å². The molecule has 0 aromatic rings. The third kappa shape index (κ3) is 6.76. The van der Waals surface area contributed by atoms with Crippen LogP contribution in [0.4, 0.5) is 8.78 Å². The predicted molar refractivity (Wildman–Crippen MR) is 58.7 cm³/mol. The van der Waals surface area contributed by atoms with Crippen LogP contribution in [-0.4, -0.2) is 25.1 Å². The van der Waals surface area contributed by atoms with Gasteiger partial charge in [0.15, 0.2) is 0 Å². The van der Waals surface area contributed by atoms with Crippen LogP contribution in [0.25, 0.3) is 0 Å². The molecular formula is C8H18Cl2F2N2. The Morgan fingerprint density at radius 2 is 1.64 bits per heavy atom. The quantitative estimate of drug-likeness (QED) is 0.804. The summed E-state index contributed by atoms with van der Waals surface area (Å²) in [7, 11) is 0. The fourth-order valence-electron chi connectivity index (χ4n) is 1.58. The van der Waals surface area contributed by atoms with Crippen LogP contribution in [-0.2, 0) is 0 Å². The lowest BCUT2D eigenvalue weighted by Gasteiger charge is -2.26. The maximum absolute atomic E-state index is 11.8. The Bertz CT molecular complexity index is 131. The number of nitrogens with one attached hydrogen (secondary N) is 1. The van der Waals surface area contributed by atoms with E-state index in [-0.39, 0.29) is 43.4 Å². The number of hydrogen-bond donors (Lipinski definition) is 2. The summed E-state index contributed by atoms with van der Waals surface area (Å²) in [6, 6.07) is 0.549. The number of nitrogens with two attached hydrogens (primary N) is 1. The van der Waals surface area contributed by atoms with E-state index in [4.69, 9.17) is 5.73 Å². The average Bonchev–Trinajstić information content (AvgIpc) is 2.03. The fraction of sp³-hybridized carbons (Fsp3) is 1.00. The van der Waals surface area contributed by atoms with Gasteiger partial charge < -0.3 is 11.1 Å². The number of hydrogen-bond acceptors (Lipinski definition) is 2. The minimum absolute atomic E-state index is 0. The second-order valence-corrected chi connectivity index (χ2v) is 3.41. The van der Waals surface area contributed by atoms with Crippen LogP contribution >= 0.6 is 24.8 Å². The van der Waals surface area contributed by atoms with Gasteiger partial charge in [0, 0.05) is 12.1 Å². The van der Waals surface area contributed by atoms with E-state index in [0.717, 1.165) is 25.7 Å². The van der Waals surface area contributed by atoms with Crippen molar-refractivity contribution in [3.8, 4) is 0 Å². The molecule has 0 aromatic heterocycles. The molecule has 1 fully saturated rings. The number of halogens is 4. The summed E-state index contributed by atoms with van der Waals surface area (Å²) in [5.41, 5.74) is 5.68. The summed E-state index contributed by atoms with van der Waals surface area (Å²) in [5, 5.41) is 2.84. The molecule has 0 aliphatic heterocycles. The molecule has 6 heteroatoms. The molecule has 3 N–H and O–H groups in total. The Balaban J connectivity index is 0. The summed E-state index contributed by atoms with van der Waals surface area (Å²) in [4.78, 5) is 0. The van der Waals surface area contributed by atoms with Crippen molar-refractivity contribution in [2.24, 2.45) is 5.73 Å². The molecule has 1 rings (SSSR count). The maximum Gasteiger partial charge on any atom is 0.250 e. The van der Waals surface area contributed by atoms with E-state index in [9.17, 15) is 8.78 Å². The van der Waals surface area contributed by atoms with Crippen LogP contribution in [0.5, 0.6) is 0 Å². The Morgan fingerprint density at radius 3 is 2.07 bits per heavy atom. The third-order valence-electron chi connectivity index (χ3n) is 2.33. The fourth-order valence-corrected chi connectivity index (χ4v) is 1.58. The molecular weight excluding hydrogens is 233 g/mol. The van der Waals surface area contributed by atoms with Gasteiger partial charge in [-0.3, -0.25) is 0 Å². The summed E-state index contributed by atoms with van der Waals surface area (Å²) < 4.78 is 23.6. The summed E-state index contributed by atoms with van der Waals surface area (Å²) in [6.07, 6.45) is 1.56. The van der Waals surface area contributed by atoms with E-state index >= 15 is 0 Å². The molecule has 1 saturated carbocycles. The zero-order valence-corrected chi connectivity index (χ0v) is 9.55. The van der Waals surface area contributed by atoms with Gasteiger partial charge in [-0.25, -0.2) is 8.78 Å². The lowest BCUT2D eigenvalue weighted by molar-refractivity contribution is 0.137. The first-order chi connectivity index (χ1) is 5.68. The molecule has 0 aromatic carbocycles. The normalized spacial score (nSPS) is 26.6. The molecule has 0 amide bonds. The van der Waals surface area contributed by atoms with Crippen LogP contribution in [0.1, 0.15) is 25.7 Å². The highest BCUT2D eigenvalue weighted by Gasteiger charge is 2.18. The van der Waals surface area contributed by atoms with Crippen LogP contribution in [0.3, 0.4) is 0 Å². The molecule has 0 spiro atoms. The first-order valence-corrected chi connectivity index (χ1v) is 4.45. The average molecular weight is 251 g/mol. The van der Waals surface area contributed by atoms with Crippen LogP contribution in [0.2, 0.25) is 0 Å².